The molecule has 0 aliphatic rings. The van der Waals surface area contributed by atoms with Gasteiger partial charge < -0.3 is 14.9 Å². The lowest BCUT2D eigenvalue weighted by atomic mass is 10.0. The molecule has 2 N–H and O–H groups in total. The van der Waals surface area contributed by atoms with Crippen LogP contribution in [0.4, 0.5) is 0 Å². The number of aromatic amines is 1. The number of carbonyl (C=O) groups excluding carboxylic acids is 1. The summed E-state index contributed by atoms with van der Waals surface area (Å²) < 4.78 is 4.86. The van der Waals surface area contributed by atoms with Crippen molar-refractivity contribution in [2.24, 2.45) is 5.16 Å². The monoisotopic (exact) mass is 260 g/mol. The van der Waals surface area contributed by atoms with Crippen LogP contribution < -0.4 is 0 Å². The molecule has 1 heterocycles. The molecule has 0 atom stereocenters. The second-order valence-corrected chi connectivity index (χ2v) is 4.22. The van der Waals surface area contributed by atoms with Crippen molar-refractivity contribution in [3.63, 3.8) is 0 Å². The lowest BCUT2D eigenvalue weighted by molar-refractivity contribution is -0.135. The van der Waals surface area contributed by atoms with E-state index in [2.05, 4.69) is 10.1 Å². The number of nitrogens with one attached hydrogen (secondary N) is 1. The molecule has 5 nitrogen and oxygen atoms in total. The molecule has 0 aliphatic heterocycles. The highest BCUT2D eigenvalue weighted by Gasteiger charge is 2.18. The number of para-hydroxylation sites is 1. The average molecular weight is 260 g/mol. The maximum absolute atomic E-state index is 11.6. The van der Waals surface area contributed by atoms with Crippen LogP contribution in [-0.2, 0) is 16.0 Å². The Morgan fingerprint density at radius 2 is 2.16 bits per heavy atom. The van der Waals surface area contributed by atoms with Crippen LogP contribution in [0.1, 0.15) is 18.2 Å². The Balaban J connectivity index is 2.35. The van der Waals surface area contributed by atoms with Gasteiger partial charge in [0.25, 0.3) is 0 Å². The van der Waals surface area contributed by atoms with Gasteiger partial charge in [-0.15, -0.1) is 0 Å². The topological polar surface area (TPSA) is 74.7 Å². The van der Waals surface area contributed by atoms with Gasteiger partial charge in [0.1, 0.15) is 0 Å². The van der Waals surface area contributed by atoms with Crippen LogP contribution in [-0.4, -0.2) is 28.5 Å². The molecule has 2 aromatic rings. The summed E-state index contributed by atoms with van der Waals surface area (Å²) in [5, 5.41) is 13.0. The number of rotatable bonds is 4. The summed E-state index contributed by atoms with van der Waals surface area (Å²) >= 11 is 0. The first kappa shape index (κ1) is 13.1. The minimum Gasteiger partial charge on any atom is -0.461 e. The van der Waals surface area contributed by atoms with Crippen molar-refractivity contribution in [2.75, 3.05) is 6.61 Å². The number of H-pyrrole nitrogens is 1. The molecule has 0 saturated heterocycles. The molecule has 0 radical (unpaired) electrons. The highest BCUT2D eigenvalue weighted by molar-refractivity contribution is 6.37. The largest absolute Gasteiger partial charge is 0.461 e. The van der Waals surface area contributed by atoms with Gasteiger partial charge in [-0.05, 0) is 25.5 Å². The molecule has 1 aromatic heterocycles. The SMILES string of the molecule is CCOC(=O)/C(Cc1c(C)[nH]c2ccccc12)=N\O. The van der Waals surface area contributed by atoms with E-state index in [4.69, 9.17) is 9.94 Å². The van der Waals surface area contributed by atoms with E-state index < -0.39 is 5.97 Å². The summed E-state index contributed by atoms with van der Waals surface area (Å²) in [5.41, 5.74) is 2.90. The van der Waals surface area contributed by atoms with Crippen molar-refractivity contribution in [2.45, 2.75) is 20.3 Å². The first-order chi connectivity index (χ1) is 9.17. The van der Waals surface area contributed by atoms with E-state index >= 15 is 0 Å². The number of nitrogens with zero attached hydrogens (tertiary/aromatic N) is 1. The molecule has 0 amide bonds. The fourth-order valence-electron chi connectivity index (χ4n) is 2.09. The lowest BCUT2D eigenvalue weighted by Crippen LogP contribution is -2.20. The van der Waals surface area contributed by atoms with E-state index in [0.717, 1.165) is 22.2 Å². The molecule has 2 rings (SSSR count). The third-order valence-corrected chi connectivity index (χ3v) is 3.00. The minimum atomic E-state index is -0.588. The van der Waals surface area contributed by atoms with Crippen LogP contribution in [0.5, 0.6) is 0 Å². The average Bonchev–Trinajstić information content (AvgIpc) is 2.72. The number of carbonyl (C=O) groups is 1. The maximum atomic E-state index is 11.6. The zero-order valence-corrected chi connectivity index (χ0v) is 10.9. The summed E-state index contributed by atoms with van der Waals surface area (Å²) in [7, 11) is 0. The number of aromatic nitrogens is 1. The molecule has 19 heavy (non-hydrogen) atoms. The predicted molar refractivity (Wildman–Crippen MR) is 72.6 cm³/mol. The van der Waals surface area contributed by atoms with Gasteiger partial charge in [-0.1, -0.05) is 23.4 Å². The highest BCUT2D eigenvalue weighted by atomic mass is 16.5. The van der Waals surface area contributed by atoms with Gasteiger partial charge in [-0.2, -0.15) is 0 Å². The summed E-state index contributed by atoms with van der Waals surface area (Å²) in [6.45, 7) is 3.89. The van der Waals surface area contributed by atoms with Crippen molar-refractivity contribution in [1.29, 1.82) is 0 Å². The minimum absolute atomic E-state index is 0.00898. The van der Waals surface area contributed by atoms with E-state index in [9.17, 15) is 4.79 Å². The standard InChI is InChI=1S/C14H16N2O3/c1-3-19-14(17)13(16-18)8-11-9(2)15-12-7-5-4-6-10(11)12/h4-7,15,18H,3,8H2,1-2H3/b16-13-. The van der Waals surface area contributed by atoms with Crippen LogP contribution in [0.2, 0.25) is 0 Å². The van der Waals surface area contributed by atoms with Gasteiger partial charge in [0.2, 0.25) is 0 Å². The van der Waals surface area contributed by atoms with Gasteiger partial charge >= 0.3 is 5.97 Å². The Kier molecular flexibility index (Phi) is 3.85. The Hall–Kier alpha value is -2.30. The first-order valence-electron chi connectivity index (χ1n) is 6.11. The van der Waals surface area contributed by atoms with E-state index in [-0.39, 0.29) is 18.7 Å². The van der Waals surface area contributed by atoms with E-state index in [1.807, 2.05) is 31.2 Å². The fraction of sp³-hybridized carbons (Fsp3) is 0.286. The molecule has 0 unspecified atom stereocenters. The number of esters is 1. The molecule has 0 aliphatic carbocycles. The van der Waals surface area contributed by atoms with Crippen LogP contribution in [0.3, 0.4) is 0 Å². The van der Waals surface area contributed by atoms with Gasteiger partial charge in [-0.3, -0.25) is 0 Å². The number of aryl methyl sites for hydroxylation is 1. The molecule has 0 saturated carbocycles. The normalized spacial score (nSPS) is 11.8. The van der Waals surface area contributed by atoms with E-state index in [1.165, 1.54) is 0 Å². The quantitative estimate of drug-likeness (QED) is 0.383. The summed E-state index contributed by atoms with van der Waals surface area (Å²) in [5.74, 6) is -0.588. The molecule has 0 spiro atoms. The number of benzene rings is 1. The smallest absolute Gasteiger partial charge is 0.356 e. The van der Waals surface area contributed by atoms with Crippen LogP contribution in [0, 0.1) is 6.92 Å². The third kappa shape index (κ3) is 2.59. The molecule has 0 fully saturated rings. The second kappa shape index (κ2) is 5.56. The molecule has 5 heteroatoms. The molecule has 1 aromatic carbocycles. The molecule has 0 bridgehead atoms. The van der Waals surface area contributed by atoms with Gasteiger partial charge in [0.15, 0.2) is 5.71 Å². The van der Waals surface area contributed by atoms with Crippen LogP contribution in [0.15, 0.2) is 29.4 Å². The van der Waals surface area contributed by atoms with Gasteiger partial charge in [0.05, 0.1) is 6.61 Å². The fourth-order valence-corrected chi connectivity index (χ4v) is 2.09. The molecular formula is C14H16N2O3. The summed E-state index contributed by atoms with van der Waals surface area (Å²) in [4.78, 5) is 14.9. The summed E-state index contributed by atoms with van der Waals surface area (Å²) in [6, 6.07) is 7.80. The molecular weight excluding hydrogens is 244 g/mol. The number of ether oxygens (including phenoxy) is 1. The highest BCUT2D eigenvalue weighted by Crippen LogP contribution is 2.22. The van der Waals surface area contributed by atoms with Crippen molar-refractivity contribution in [1.82, 2.24) is 4.98 Å². The van der Waals surface area contributed by atoms with Crippen molar-refractivity contribution in [3.8, 4) is 0 Å². The van der Waals surface area contributed by atoms with Crippen molar-refractivity contribution < 1.29 is 14.7 Å². The first-order valence-corrected chi connectivity index (χ1v) is 6.11. The van der Waals surface area contributed by atoms with Gasteiger partial charge in [0, 0.05) is 23.0 Å². The number of oxime groups is 1. The Labute approximate surface area is 110 Å². The predicted octanol–water partition coefficient (Wildman–Crippen LogP) is 2.41. The van der Waals surface area contributed by atoms with Gasteiger partial charge in [-0.25, -0.2) is 4.79 Å². The Bertz CT molecular complexity index is 629. The van der Waals surface area contributed by atoms with E-state index in [1.54, 1.807) is 6.92 Å². The van der Waals surface area contributed by atoms with Crippen molar-refractivity contribution >= 4 is 22.6 Å². The second-order valence-electron chi connectivity index (χ2n) is 4.22. The zero-order valence-electron chi connectivity index (χ0n) is 10.9. The number of fused-ring (bicyclic) bond motifs is 1. The molecule has 100 valence electrons. The number of hydrogen-bond acceptors (Lipinski definition) is 4. The Morgan fingerprint density at radius 1 is 1.42 bits per heavy atom. The maximum Gasteiger partial charge on any atom is 0.356 e. The third-order valence-electron chi connectivity index (χ3n) is 3.00. The lowest BCUT2D eigenvalue weighted by Gasteiger charge is -2.04. The summed E-state index contributed by atoms with van der Waals surface area (Å²) in [6.07, 6.45) is 0.241. The van der Waals surface area contributed by atoms with Crippen molar-refractivity contribution in [3.05, 3.63) is 35.5 Å². The number of hydrogen-bond donors (Lipinski definition) is 2. The van der Waals surface area contributed by atoms with Crippen LogP contribution in [0.25, 0.3) is 10.9 Å². The van der Waals surface area contributed by atoms with E-state index in [0.29, 0.717) is 0 Å². The Morgan fingerprint density at radius 3 is 2.84 bits per heavy atom. The van der Waals surface area contributed by atoms with Crippen LogP contribution >= 0.6 is 0 Å². The zero-order chi connectivity index (χ0) is 13.8.